The number of likely N-dealkylation sites (N-methyl/N-ethyl adjacent to an activating group) is 1. The van der Waals surface area contributed by atoms with Gasteiger partial charge in [0.15, 0.2) is 0 Å². The fraction of sp³-hybridized carbons (Fsp3) is 0.615. The Balaban J connectivity index is 2.11. The Morgan fingerprint density at radius 2 is 2.29 bits per heavy atom. The van der Waals surface area contributed by atoms with Gasteiger partial charge in [-0.1, -0.05) is 6.07 Å². The minimum absolute atomic E-state index is 0.0376. The van der Waals surface area contributed by atoms with Crippen LogP contribution in [-0.2, 0) is 4.74 Å². The molecule has 1 aromatic heterocycles. The second-order valence-corrected chi connectivity index (χ2v) is 4.78. The summed E-state index contributed by atoms with van der Waals surface area (Å²) in [6.45, 7) is 4.92. The summed E-state index contributed by atoms with van der Waals surface area (Å²) in [5, 5.41) is 0. The molecule has 4 heteroatoms. The van der Waals surface area contributed by atoms with E-state index in [9.17, 15) is 0 Å². The lowest BCUT2D eigenvalue weighted by Crippen LogP contribution is -2.37. The lowest BCUT2D eigenvalue weighted by atomic mass is 10.1. The van der Waals surface area contributed by atoms with Gasteiger partial charge in [-0.25, -0.2) is 4.98 Å². The van der Waals surface area contributed by atoms with E-state index < -0.39 is 0 Å². The van der Waals surface area contributed by atoms with Crippen LogP contribution in [-0.4, -0.2) is 30.8 Å². The van der Waals surface area contributed by atoms with Crippen molar-refractivity contribution in [3.05, 3.63) is 23.9 Å². The summed E-state index contributed by atoms with van der Waals surface area (Å²) in [6.07, 6.45) is 3.20. The van der Waals surface area contributed by atoms with Gasteiger partial charge in [-0.05, 0) is 31.9 Å². The van der Waals surface area contributed by atoms with Crippen LogP contribution < -0.4 is 10.6 Å². The molecule has 1 aliphatic rings. The van der Waals surface area contributed by atoms with Gasteiger partial charge < -0.3 is 15.4 Å². The third-order valence-corrected chi connectivity index (χ3v) is 3.49. The summed E-state index contributed by atoms with van der Waals surface area (Å²) < 4.78 is 5.58. The third kappa shape index (κ3) is 2.58. The van der Waals surface area contributed by atoms with Crippen molar-refractivity contribution in [2.45, 2.75) is 38.5 Å². The van der Waals surface area contributed by atoms with Crippen LogP contribution in [0.1, 0.15) is 31.9 Å². The molecule has 0 radical (unpaired) electrons. The smallest absolute Gasteiger partial charge is 0.128 e. The summed E-state index contributed by atoms with van der Waals surface area (Å²) in [5.74, 6) is 0.983. The molecule has 3 unspecified atom stereocenters. The van der Waals surface area contributed by atoms with Crippen molar-refractivity contribution in [2.24, 2.45) is 5.73 Å². The summed E-state index contributed by atoms with van der Waals surface area (Å²) in [7, 11) is 2.07. The number of rotatable bonds is 3. The first-order valence-electron chi connectivity index (χ1n) is 6.15. The lowest BCUT2D eigenvalue weighted by molar-refractivity contribution is 0.118. The van der Waals surface area contributed by atoms with Gasteiger partial charge in [0.05, 0.1) is 12.1 Å². The van der Waals surface area contributed by atoms with Crippen LogP contribution >= 0.6 is 0 Å². The molecule has 4 nitrogen and oxygen atoms in total. The first-order valence-corrected chi connectivity index (χ1v) is 6.15. The molecule has 2 N–H and O–H groups in total. The van der Waals surface area contributed by atoms with E-state index in [0.29, 0.717) is 6.04 Å². The maximum atomic E-state index is 5.81. The van der Waals surface area contributed by atoms with E-state index in [2.05, 4.69) is 23.9 Å². The number of hydrogen-bond acceptors (Lipinski definition) is 4. The number of aromatic nitrogens is 1. The predicted molar refractivity (Wildman–Crippen MR) is 69.1 cm³/mol. The summed E-state index contributed by atoms with van der Waals surface area (Å²) in [4.78, 5) is 6.67. The lowest BCUT2D eigenvalue weighted by Gasteiger charge is -2.27. The largest absolute Gasteiger partial charge is 0.376 e. The molecule has 0 aromatic carbocycles. The molecule has 0 bridgehead atoms. The molecule has 3 atom stereocenters. The Labute approximate surface area is 103 Å². The number of nitrogens with zero attached hydrogens (tertiary/aromatic N) is 2. The second kappa shape index (κ2) is 5.02. The van der Waals surface area contributed by atoms with E-state index in [1.54, 1.807) is 0 Å². The zero-order valence-electron chi connectivity index (χ0n) is 10.8. The van der Waals surface area contributed by atoms with Crippen LogP contribution in [0.5, 0.6) is 0 Å². The topological polar surface area (TPSA) is 51.4 Å². The summed E-state index contributed by atoms with van der Waals surface area (Å²) in [6, 6.07) is 4.53. The van der Waals surface area contributed by atoms with Gasteiger partial charge in [-0.2, -0.15) is 0 Å². The molecule has 0 amide bonds. The minimum atomic E-state index is 0.0376. The molecule has 2 rings (SSSR count). The van der Waals surface area contributed by atoms with Crippen LogP contribution in [0.2, 0.25) is 0 Å². The van der Waals surface area contributed by atoms with E-state index in [-0.39, 0.29) is 12.1 Å². The van der Waals surface area contributed by atoms with Crippen molar-refractivity contribution in [1.29, 1.82) is 0 Å². The van der Waals surface area contributed by atoms with E-state index >= 15 is 0 Å². The van der Waals surface area contributed by atoms with Crippen LogP contribution in [0.25, 0.3) is 0 Å². The van der Waals surface area contributed by atoms with Gasteiger partial charge in [-0.3, -0.25) is 0 Å². The zero-order valence-corrected chi connectivity index (χ0v) is 10.8. The highest BCUT2D eigenvalue weighted by molar-refractivity contribution is 5.40. The number of hydrogen-bond donors (Lipinski definition) is 1. The molecule has 2 heterocycles. The molecule has 1 saturated heterocycles. The van der Waals surface area contributed by atoms with E-state index in [0.717, 1.165) is 24.4 Å². The van der Waals surface area contributed by atoms with Gasteiger partial charge in [0.2, 0.25) is 0 Å². The Kier molecular flexibility index (Phi) is 3.64. The maximum Gasteiger partial charge on any atom is 0.128 e. The van der Waals surface area contributed by atoms with Gasteiger partial charge >= 0.3 is 0 Å². The van der Waals surface area contributed by atoms with Crippen molar-refractivity contribution >= 4 is 5.82 Å². The fourth-order valence-corrected chi connectivity index (χ4v) is 2.27. The molecule has 0 aliphatic carbocycles. The zero-order chi connectivity index (χ0) is 12.4. The summed E-state index contributed by atoms with van der Waals surface area (Å²) in [5.41, 5.74) is 6.88. The van der Waals surface area contributed by atoms with Gasteiger partial charge in [0, 0.05) is 25.9 Å². The maximum absolute atomic E-state index is 5.81. The predicted octanol–water partition coefficient (Wildman–Crippen LogP) is 1.71. The van der Waals surface area contributed by atoms with Gasteiger partial charge in [-0.15, -0.1) is 0 Å². The first-order chi connectivity index (χ1) is 8.09. The number of ether oxygens (including phenoxy) is 1. The van der Waals surface area contributed by atoms with Crippen LogP contribution in [0, 0.1) is 0 Å². The first kappa shape index (κ1) is 12.3. The third-order valence-electron chi connectivity index (χ3n) is 3.49. The highest BCUT2D eigenvalue weighted by Crippen LogP contribution is 2.23. The monoisotopic (exact) mass is 235 g/mol. The Hall–Kier alpha value is -1.13. The molecular formula is C13H21N3O. The van der Waals surface area contributed by atoms with Crippen LogP contribution in [0.4, 0.5) is 5.82 Å². The van der Waals surface area contributed by atoms with Gasteiger partial charge in [0.25, 0.3) is 0 Å². The quantitative estimate of drug-likeness (QED) is 0.866. The molecule has 94 valence electrons. The van der Waals surface area contributed by atoms with Crippen molar-refractivity contribution in [1.82, 2.24) is 4.98 Å². The number of anilines is 1. The second-order valence-electron chi connectivity index (χ2n) is 4.78. The van der Waals surface area contributed by atoms with E-state index in [1.807, 2.05) is 25.3 Å². The normalized spacial score (nSPS) is 25.9. The van der Waals surface area contributed by atoms with Crippen molar-refractivity contribution in [2.75, 3.05) is 18.6 Å². The molecule has 0 saturated carbocycles. The van der Waals surface area contributed by atoms with Crippen LogP contribution in [0.15, 0.2) is 18.3 Å². The standard InChI is InChI=1S/C13H21N3O/c1-9(14)11-4-5-13(15-8-11)16(3)12-6-7-17-10(12)2/h4-5,8-10,12H,6-7,14H2,1-3H3. The van der Waals surface area contributed by atoms with Crippen LogP contribution in [0.3, 0.4) is 0 Å². The Morgan fingerprint density at radius 3 is 2.76 bits per heavy atom. The number of nitrogens with two attached hydrogens (primary N) is 1. The molecular weight excluding hydrogens is 214 g/mol. The molecule has 1 aromatic rings. The summed E-state index contributed by atoms with van der Waals surface area (Å²) >= 11 is 0. The Bertz CT molecular complexity index is 363. The van der Waals surface area contributed by atoms with Crippen molar-refractivity contribution < 1.29 is 4.74 Å². The minimum Gasteiger partial charge on any atom is -0.376 e. The number of pyridine rings is 1. The molecule has 0 spiro atoms. The Morgan fingerprint density at radius 1 is 1.53 bits per heavy atom. The van der Waals surface area contributed by atoms with Gasteiger partial charge in [0.1, 0.15) is 5.82 Å². The average Bonchev–Trinajstić information content (AvgIpc) is 2.74. The highest BCUT2D eigenvalue weighted by atomic mass is 16.5. The molecule has 17 heavy (non-hydrogen) atoms. The fourth-order valence-electron chi connectivity index (χ4n) is 2.27. The van der Waals surface area contributed by atoms with Crippen molar-refractivity contribution in [3.8, 4) is 0 Å². The van der Waals surface area contributed by atoms with Crippen molar-refractivity contribution in [3.63, 3.8) is 0 Å². The highest BCUT2D eigenvalue weighted by Gasteiger charge is 2.28. The molecule has 1 aliphatic heterocycles. The van der Waals surface area contributed by atoms with E-state index in [4.69, 9.17) is 10.5 Å². The van der Waals surface area contributed by atoms with E-state index in [1.165, 1.54) is 0 Å². The average molecular weight is 235 g/mol. The molecule has 1 fully saturated rings. The SMILES string of the molecule is CC(N)c1ccc(N(C)C2CCOC2C)nc1.